The Morgan fingerprint density at radius 2 is 1.62 bits per heavy atom. The maximum absolute atomic E-state index is 12.3. The van der Waals surface area contributed by atoms with Crippen LogP contribution in [0, 0.1) is 11.8 Å². The molecule has 9 nitrogen and oxygen atoms in total. The van der Waals surface area contributed by atoms with Gasteiger partial charge in [-0.15, -0.1) is 0 Å². The second-order valence-corrected chi connectivity index (χ2v) is 8.06. The third kappa shape index (κ3) is 6.89. The summed E-state index contributed by atoms with van der Waals surface area (Å²) in [6.07, 6.45) is 1.80. The highest BCUT2D eigenvalue weighted by Crippen LogP contribution is 2.13. The summed E-state index contributed by atoms with van der Waals surface area (Å²) in [5.74, 6) is 4.53. The summed E-state index contributed by atoms with van der Waals surface area (Å²) in [4.78, 5) is 36.2. The maximum Gasteiger partial charge on any atom is 0.268 e. The molecule has 1 aliphatic rings. The summed E-state index contributed by atoms with van der Waals surface area (Å²) in [6, 6.07) is 12.2. The number of amides is 3. The van der Waals surface area contributed by atoms with E-state index in [0.717, 1.165) is 31.4 Å². The monoisotopic (exact) mass is 464 g/mol. The van der Waals surface area contributed by atoms with Crippen molar-refractivity contribution >= 4 is 23.4 Å². The highest BCUT2D eigenvalue weighted by molar-refractivity contribution is 5.97. The Bertz CT molecular complexity index is 1070. The van der Waals surface area contributed by atoms with Crippen molar-refractivity contribution in [2.24, 2.45) is 0 Å². The van der Waals surface area contributed by atoms with Crippen LogP contribution in [0.3, 0.4) is 0 Å². The van der Waals surface area contributed by atoms with E-state index < -0.39 is 24.0 Å². The van der Waals surface area contributed by atoms with Crippen molar-refractivity contribution in [3.8, 4) is 11.8 Å². The van der Waals surface area contributed by atoms with E-state index in [-0.39, 0.29) is 17.5 Å². The van der Waals surface area contributed by atoms with Crippen LogP contribution in [0.1, 0.15) is 47.7 Å². The highest BCUT2D eigenvalue weighted by Gasteiger charge is 2.25. The van der Waals surface area contributed by atoms with E-state index in [1.54, 1.807) is 36.4 Å². The smallest absolute Gasteiger partial charge is 0.268 e. The molecule has 3 rings (SSSR count). The van der Waals surface area contributed by atoms with Crippen molar-refractivity contribution in [3.63, 3.8) is 0 Å². The summed E-state index contributed by atoms with van der Waals surface area (Å²) in [5, 5.41) is 26.9. The molecule has 0 bridgehead atoms. The number of hydrogen-bond acceptors (Lipinski definition) is 6. The number of aliphatic hydroxyl groups excluding tert-OH is 1. The molecule has 3 atom stereocenters. The number of rotatable bonds is 6. The van der Waals surface area contributed by atoms with Crippen LogP contribution in [-0.4, -0.2) is 52.8 Å². The Morgan fingerprint density at radius 1 is 1.00 bits per heavy atom. The molecule has 2 aromatic carbocycles. The number of hydroxylamine groups is 1. The van der Waals surface area contributed by atoms with Crippen LogP contribution in [0.2, 0.25) is 0 Å². The van der Waals surface area contributed by atoms with Crippen molar-refractivity contribution in [3.05, 3.63) is 65.2 Å². The van der Waals surface area contributed by atoms with Crippen molar-refractivity contribution < 1.29 is 24.7 Å². The first kappa shape index (κ1) is 24.9. The van der Waals surface area contributed by atoms with Gasteiger partial charge in [-0.25, -0.2) is 5.48 Å². The van der Waals surface area contributed by atoms with Gasteiger partial charge in [0.25, 0.3) is 11.8 Å². The van der Waals surface area contributed by atoms with Gasteiger partial charge in [0.2, 0.25) is 5.91 Å². The zero-order chi connectivity index (χ0) is 24.5. The normalized spacial score (nSPS) is 16.9. The molecule has 0 aromatic heterocycles. The van der Waals surface area contributed by atoms with E-state index in [2.05, 4.69) is 27.8 Å². The molecule has 0 radical (unpaired) electrons. The molecule has 1 fully saturated rings. The molecule has 1 saturated heterocycles. The molecular weight excluding hydrogens is 436 g/mol. The van der Waals surface area contributed by atoms with Gasteiger partial charge in [0.05, 0.1) is 12.1 Å². The molecule has 1 heterocycles. The van der Waals surface area contributed by atoms with Crippen LogP contribution in [-0.2, 0) is 9.59 Å². The van der Waals surface area contributed by atoms with Crippen molar-refractivity contribution in [2.45, 2.75) is 44.4 Å². The zero-order valence-corrected chi connectivity index (χ0v) is 18.8. The van der Waals surface area contributed by atoms with Gasteiger partial charge >= 0.3 is 0 Å². The molecule has 3 amide bonds. The van der Waals surface area contributed by atoms with Gasteiger partial charge in [0.15, 0.2) is 0 Å². The molecule has 0 saturated carbocycles. The Hall–Kier alpha value is -3.71. The fourth-order valence-electron chi connectivity index (χ4n) is 3.49. The summed E-state index contributed by atoms with van der Waals surface area (Å²) in [6.45, 7) is 2.19. The fourth-order valence-corrected chi connectivity index (χ4v) is 3.49. The van der Waals surface area contributed by atoms with Crippen LogP contribution < -0.4 is 21.4 Å². The molecule has 9 heteroatoms. The van der Waals surface area contributed by atoms with Gasteiger partial charge in [-0.3, -0.25) is 19.6 Å². The quantitative estimate of drug-likeness (QED) is 0.215. The SMILES string of the molecule is C[C@@H](O)[C@H](NC(=O)c1ccc(C#Cc2ccc(NC(=O)[C@@H]3CCCCN3)cc2)cc1)C(=O)NO. The van der Waals surface area contributed by atoms with E-state index in [1.807, 2.05) is 12.1 Å². The maximum atomic E-state index is 12.3. The van der Waals surface area contributed by atoms with E-state index >= 15 is 0 Å². The average Bonchev–Trinajstić information content (AvgIpc) is 2.87. The number of piperidine rings is 1. The molecule has 178 valence electrons. The third-order valence-electron chi connectivity index (χ3n) is 5.44. The fraction of sp³-hybridized carbons (Fsp3) is 0.320. The largest absolute Gasteiger partial charge is 0.391 e. The minimum atomic E-state index is -1.29. The molecule has 34 heavy (non-hydrogen) atoms. The number of anilines is 1. The summed E-state index contributed by atoms with van der Waals surface area (Å²) >= 11 is 0. The number of carbonyl (C=O) groups is 3. The lowest BCUT2D eigenvalue weighted by atomic mass is 10.0. The van der Waals surface area contributed by atoms with Gasteiger partial charge in [-0.05, 0) is 74.8 Å². The topological polar surface area (TPSA) is 140 Å². The lowest BCUT2D eigenvalue weighted by Gasteiger charge is -2.22. The summed E-state index contributed by atoms with van der Waals surface area (Å²) < 4.78 is 0. The number of aliphatic hydroxyl groups is 1. The van der Waals surface area contributed by atoms with Crippen LogP contribution in [0.4, 0.5) is 5.69 Å². The standard InChI is InChI=1S/C25H28N4O5/c1-16(30)22(25(33)29-34)28-23(31)19-11-7-17(8-12-19)5-6-18-9-13-20(14-10-18)27-24(32)21-4-2-3-15-26-21/h7-14,16,21-22,26,30,34H,2-4,15H2,1H3,(H,27,32)(H,28,31)(H,29,33)/t16-,21+,22+/m1/s1. The minimum Gasteiger partial charge on any atom is -0.391 e. The molecule has 1 aliphatic heterocycles. The number of benzene rings is 2. The van der Waals surface area contributed by atoms with E-state index in [0.29, 0.717) is 11.3 Å². The third-order valence-corrected chi connectivity index (χ3v) is 5.44. The van der Waals surface area contributed by atoms with Gasteiger partial charge in [-0.2, -0.15) is 0 Å². The Labute approximate surface area is 197 Å². The van der Waals surface area contributed by atoms with Gasteiger partial charge in [0, 0.05) is 22.4 Å². The van der Waals surface area contributed by atoms with Gasteiger partial charge in [-0.1, -0.05) is 18.3 Å². The van der Waals surface area contributed by atoms with E-state index in [9.17, 15) is 19.5 Å². The average molecular weight is 465 g/mol. The molecule has 0 unspecified atom stereocenters. The lowest BCUT2D eigenvalue weighted by molar-refractivity contribution is -0.133. The van der Waals surface area contributed by atoms with Crippen molar-refractivity contribution in [1.29, 1.82) is 0 Å². The van der Waals surface area contributed by atoms with E-state index in [1.165, 1.54) is 12.4 Å². The van der Waals surface area contributed by atoms with Crippen molar-refractivity contribution in [2.75, 3.05) is 11.9 Å². The summed E-state index contributed by atoms with van der Waals surface area (Å²) in [5.41, 5.74) is 3.85. The summed E-state index contributed by atoms with van der Waals surface area (Å²) in [7, 11) is 0. The predicted molar refractivity (Wildman–Crippen MR) is 126 cm³/mol. The number of nitrogens with one attached hydrogen (secondary N) is 4. The number of hydrogen-bond donors (Lipinski definition) is 6. The van der Waals surface area contributed by atoms with Gasteiger partial charge in [0.1, 0.15) is 6.04 Å². The first-order chi connectivity index (χ1) is 16.4. The van der Waals surface area contributed by atoms with Crippen LogP contribution in [0.5, 0.6) is 0 Å². The van der Waals surface area contributed by atoms with Crippen LogP contribution in [0.25, 0.3) is 0 Å². The molecule has 6 N–H and O–H groups in total. The minimum absolute atomic E-state index is 0.0283. The number of carbonyl (C=O) groups excluding carboxylic acids is 3. The second kappa shape index (κ2) is 12.0. The zero-order valence-electron chi connectivity index (χ0n) is 18.8. The van der Waals surface area contributed by atoms with Crippen molar-refractivity contribution in [1.82, 2.24) is 16.1 Å². The van der Waals surface area contributed by atoms with E-state index in [4.69, 9.17) is 5.21 Å². The molecular formula is C25H28N4O5. The Morgan fingerprint density at radius 3 is 2.15 bits per heavy atom. The highest BCUT2D eigenvalue weighted by atomic mass is 16.5. The molecule has 2 aromatic rings. The Balaban J connectivity index is 1.58. The Kier molecular flexibility index (Phi) is 8.76. The predicted octanol–water partition coefficient (Wildman–Crippen LogP) is 1.15. The second-order valence-electron chi connectivity index (χ2n) is 8.06. The van der Waals surface area contributed by atoms with Crippen LogP contribution >= 0.6 is 0 Å². The van der Waals surface area contributed by atoms with Gasteiger partial charge < -0.3 is 21.1 Å². The first-order valence-electron chi connectivity index (χ1n) is 11.1. The lowest BCUT2D eigenvalue weighted by Crippen LogP contribution is -2.51. The van der Waals surface area contributed by atoms with Crippen LogP contribution in [0.15, 0.2) is 48.5 Å². The first-order valence-corrected chi connectivity index (χ1v) is 11.1. The molecule has 0 aliphatic carbocycles. The molecule has 0 spiro atoms.